The Hall–Kier alpha value is -2.55. The highest BCUT2D eigenvalue weighted by molar-refractivity contribution is 9.10. The number of rotatable bonds is 8. The van der Waals surface area contributed by atoms with Gasteiger partial charge in [0.15, 0.2) is 11.5 Å². The molecule has 9 heteroatoms. The van der Waals surface area contributed by atoms with E-state index in [2.05, 4.69) is 26.0 Å². The van der Waals surface area contributed by atoms with Crippen LogP contribution in [0.1, 0.15) is 32.8 Å². The Labute approximate surface area is 171 Å². The second-order valence-electron chi connectivity index (χ2n) is 6.06. The summed E-state index contributed by atoms with van der Waals surface area (Å²) in [6, 6.07) is 2.80. The third kappa shape index (κ3) is 5.03. The summed E-state index contributed by atoms with van der Waals surface area (Å²) in [5, 5.41) is 2.46. The van der Waals surface area contributed by atoms with Crippen molar-refractivity contribution < 1.29 is 28.6 Å². The van der Waals surface area contributed by atoms with E-state index in [4.69, 9.17) is 9.47 Å². The Morgan fingerprint density at radius 2 is 2.04 bits per heavy atom. The van der Waals surface area contributed by atoms with Crippen LogP contribution in [0.2, 0.25) is 0 Å². The molecule has 0 aromatic heterocycles. The molecule has 0 saturated carbocycles. The minimum atomic E-state index is -0.683. The van der Waals surface area contributed by atoms with Crippen molar-refractivity contribution in [2.24, 2.45) is 0 Å². The molecule has 0 radical (unpaired) electrons. The average Bonchev–Trinajstić information content (AvgIpc) is 2.91. The molecule has 1 aliphatic heterocycles. The maximum absolute atomic E-state index is 12.4. The minimum absolute atomic E-state index is 0.00212. The molecule has 1 heterocycles. The number of hydrogen-bond acceptors (Lipinski definition) is 6. The van der Waals surface area contributed by atoms with Gasteiger partial charge in [-0.15, -0.1) is 0 Å². The number of ether oxygens (including phenoxy) is 3. The van der Waals surface area contributed by atoms with E-state index in [-0.39, 0.29) is 11.8 Å². The Morgan fingerprint density at radius 1 is 1.32 bits per heavy atom. The van der Waals surface area contributed by atoms with E-state index < -0.39 is 24.5 Å². The van der Waals surface area contributed by atoms with Crippen LogP contribution in [0.15, 0.2) is 22.3 Å². The van der Waals surface area contributed by atoms with Gasteiger partial charge in [-0.2, -0.15) is 0 Å². The van der Waals surface area contributed by atoms with Gasteiger partial charge in [0.1, 0.15) is 12.2 Å². The molecular weight excluding hydrogens is 432 g/mol. The van der Waals surface area contributed by atoms with Gasteiger partial charge in [0, 0.05) is 0 Å². The number of esters is 1. The molecule has 1 aromatic carbocycles. The van der Waals surface area contributed by atoms with Crippen LogP contribution in [0.5, 0.6) is 11.5 Å². The van der Waals surface area contributed by atoms with Gasteiger partial charge in [-0.3, -0.25) is 9.59 Å². The Morgan fingerprint density at radius 3 is 2.64 bits per heavy atom. The highest BCUT2D eigenvalue weighted by Crippen LogP contribution is 2.38. The van der Waals surface area contributed by atoms with Crippen molar-refractivity contribution in [1.29, 1.82) is 0 Å². The van der Waals surface area contributed by atoms with Crippen molar-refractivity contribution in [3.8, 4) is 11.5 Å². The molecule has 0 spiro atoms. The molecule has 0 bridgehead atoms. The van der Waals surface area contributed by atoms with Crippen LogP contribution in [0.3, 0.4) is 0 Å². The molecule has 1 atom stereocenters. The molecule has 1 aromatic rings. The number of carbonyl (C=O) groups is 3. The van der Waals surface area contributed by atoms with Crippen LogP contribution in [0.25, 0.3) is 6.08 Å². The predicted octanol–water partition coefficient (Wildman–Crippen LogP) is 3.09. The van der Waals surface area contributed by atoms with E-state index in [1.807, 2.05) is 20.8 Å². The summed E-state index contributed by atoms with van der Waals surface area (Å²) in [4.78, 5) is 36.6. The molecule has 1 saturated heterocycles. The van der Waals surface area contributed by atoms with Crippen LogP contribution in [-0.2, 0) is 14.3 Å². The van der Waals surface area contributed by atoms with Crippen molar-refractivity contribution >= 4 is 39.9 Å². The first-order chi connectivity index (χ1) is 13.3. The van der Waals surface area contributed by atoms with E-state index in [1.54, 1.807) is 12.1 Å². The summed E-state index contributed by atoms with van der Waals surface area (Å²) in [5.74, 6) is -0.193. The second kappa shape index (κ2) is 9.59. The molecule has 152 valence electrons. The summed E-state index contributed by atoms with van der Waals surface area (Å²) in [5.41, 5.74) is 0.675. The van der Waals surface area contributed by atoms with Crippen molar-refractivity contribution in [2.45, 2.75) is 33.3 Å². The zero-order valence-corrected chi connectivity index (χ0v) is 17.8. The third-order valence-corrected chi connectivity index (χ3v) is 4.60. The number of halogens is 1. The van der Waals surface area contributed by atoms with Crippen LogP contribution >= 0.6 is 15.9 Å². The number of amides is 3. The number of carbonyl (C=O) groups excluding carboxylic acids is 3. The number of imide groups is 1. The molecule has 1 fully saturated rings. The summed E-state index contributed by atoms with van der Waals surface area (Å²) in [6.45, 7) is 5.82. The van der Waals surface area contributed by atoms with Gasteiger partial charge in [-0.05, 0) is 60.0 Å². The second-order valence-corrected chi connectivity index (χ2v) is 6.91. The van der Waals surface area contributed by atoms with Gasteiger partial charge in [-0.25, -0.2) is 9.69 Å². The van der Waals surface area contributed by atoms with E-state index in [1.165, 1.54) is 13.2 Å². The normalized spacial score (nSPS) is 16.2. The molecule has 2 rings (SSSR count). The Bertz CT molecular complexity index is 808. The van der Waals surface area contributed by atoms with Crippen molar-refractivity contribution in [3.05, 3.63) is 27.9 Å². The van der Waals surface area contributed by atoms with E-state index >= 15 is 0 Å². The van der Waals surface area contributed by atoms with Crippen molar-refractivity contribution in [2.75, 3.05) is 20.3 Å². The number of nitrogens with zero attached hydrogens (tertiary/aromatic N) is 1. The fraction of sp³-hybridized carbons (Fsp3) is 0.421. The lowest BCUT2D eigenvalue weighted by Gasteiger charge is -2.18. The van der Waals surface area contributed by atoms with Crippen LogP contribution in [0.4, 0.5) is 4.79 Å². The van der Waals surface area contributed by atoms with Gasteiger partial charge in [0.05, 0.1) is 24.3 Å². The fourth-order valence-electron chi connectivity index (χ4n) is 2.41. The number of urea groups is 1. The summed E-state index contributed by atoms with van der Waals surface area (Å²) < 4.78 is 16.8. The number of benzene rings is 1. The topological polar surface area (TPSA) is 94.2 Å². The number of methoxy groups -OCH3 is 1. The first-order valence-corrected chi connectivity index (χ1v) is 9.64. The Kier molecular flexibility index (Phi) is 7.45. The molecular formula is C19H23BrN2O6. The van der Waals surface area contributed by atoms with Gasteiger partial charge < -0.3 is 19.5 Å². The molecule has 0 aliphatic carbocycles. The largest absolute Gasteiger partial charge is 0.490 e. The number of hydrogen-bond donors (Lipinski definition) is 1. The zero-order valence-electron chi connectivity index (χ0n) is 16.2. The molecule has 3 amide bonds. The lowest BCUT2D eigenvalue weighted by Crippen LogP contribution is -2.36. The monoisotopic (exact) mass is 454 g/mol. The van der Waals surface area contributed by atoms with Crippen molar-refractivity contribution in [3.63, 3.8) is 0 Å². The average molecular weight is 455 g/mol. The van der Waals surface area contributed by atoms with Crippen LogP contribution < -0.4 is 14.8 Å². The molecule has 1 N–H and O–H groups in total. The van der Waals surface area contributed by atoms with Crippen molar-refractivity contribution in [1.82, 2.24) is 10.2 Å². The van der Waals surface area contributed by atoms with E-state index in [0.29, 0.717) is 28.1 Å². The van der Waals surface area contributed by atoms with Gasteiger partial charge in [0.2, 0.25) is 0 Å². The highest BCUT2D eigenvalue weighted by Gasteiger charge is 2.35. The lowest BCUT2D eigenvalue weighted by molar-refractivity contribution is -0.143. The maximum atomic E-state index is 12.4. The van der Waals surface area contributed by atoms with Gasteiger partial charge in [-0.1, -0.05) is 6.92 Å². The lowest BCUT2D eigenvalue weighted by atomic mass is 10.1. The molecule has 1 aliphatic rings. The van der Waals surface area contributed by atoms with E-state index in [9.17, 15) is 14.4 Å². The standard InChI is InChI=1S/C19H23BrN2O6/c1-5-11(3)28-17-13(20)7-12(9-15(17)27-6-2)8-14-18(24)22(19(25)21-14)10-16(23)26-4/h7-9,11H,5-6,10H2,1-4H3,(H,21,25)/b14-8+/t11-/m0/s1. The summed E-state index contributed by atoms with van der Waals surface area (Å²) >= 11 is 3.48. The first-order valence-electron chi connectivity index (χ1n) is 8.85. The summed E-state index contributed by atoms with van der Waals surface area (Å²) in [6.07, 6.45) is 2.35. The molecule has 0 unspecified atom stereocenters. The predicted molar refractivity (Wildman–Crippen MR) is 106 cm³/mol. The van der Waals surface area contributed by atoms with E-state index in [0.717, 1.165) is 11.3 Å². The molecule has 8 nitrogen and oxygen atoms in total. The van der Waals surface area contributed by atoms with Gasteiger partial charge in [0.25, 0.3) is 5.91 Å². The smallest absolute Gasteiger partial charge is 0.329 e. The van der Waals surface area contributed by atoms with Gasteiger partial charge >= 0.3 is 12.0 Å². The third-order valence-electron chi connectivity index (χ3n) is 4.01. The SMILES string of the molecule is CCOc1cc(/C=C2/NC(=O)N(CC(=O)OC)C2=O)cc(Br)c1O[C@@H](C)CC. The Balaban J connectivity index is 2.33. The summed E-state index contributed by atoms with van der Waals surface area (Å²) in [7, 11) is 1.19. The molecule has 28 heavy (non-hydrogen) atoms. The quantitative estimate of drug-likeness (QED) is 0.368. The fourth-order valence-corrected chi connectivity index (χ4v) is 2.96. The van der Waals surface area contributed by atoms with Crippen LogP contribution in [0, 0.1) is 0 Å². The maximum Gasteiger partial charge on any atom is 0.329 e. The van der Waals surface area contributed by atoms with Crippen LogP contribution in [-0.4, -0.2) is 49.2 Å². The first kappa shape index (κ1) is 21.7. The minimum Gasteiger partial charge on any atom is -0.490 e. The zero-order chi connectivity index (χ0) is 20.8. The highest BCUT2D eigenvalue weighted by atomic mass is 79.9. The number of nitrogens with one attached hydrogen (secondary N) is 1.